The number of nitrogens with one attached hydrogen (secondary N) is 1. The van der Waals surface area contributed by atoms with Gasteiger partial charge in [-0.3, -0.25) is 9.10 Å². The second-order valence-electron chi connectivity index (χ2n) is 11.3. The molecule has 10 nitrogen and oxygen atoms in total. The highest BCUT2D eigenvalue weighted by Gasteiger charge is 2.24. The molecule has 1 fully saturated rings. The molecule has 4 rings (SSSR count). The number of hydrogen-bond acceptors (Lipinski definition) is 8. The highest BCUT2D eigenvalue weighted by molar-refractivity contribution is 7.92. The number of pyridine rings is 1. The Bertz CT molecular complexity index is 1450. The van der Waals surface area contributed by atoms with Gasteiger partial charge >= 0.3 is 0 Å². The van der Waals surface area contributed by atoms with Crippen molar-refractivity contribution in [1.29, 1.82) is 0 Å². The number of anilines is 2. The van der Waals surface area contributed by atoms with Gasteiger partial charge in [0.25, 0.3) is 5.91 Å². The zero-order valence-electron chi connectivity index (χ0n) is 23.8. The van der Waals surface area contributed by atoms with Crippen molar-refractivity contribution in [3.8, 4) is 0 Å². The first-order chi connectivity index (χ1) is 18.8. The molecule has 1 aromatic carbocycles. The fourth-order valence-electron chi connectivity index (χ4n) is 4.64. The number of β-amino-alcohol motifs (C(OH)–C–C–N with tert-alkyl or cyclic N) is 1. The van der Waals surface area contributed by atoms with E-state index in [0.29, 0.717) is 49.1 Å². The van der Waals surface area contributed by atoms with Gasteiger partial charge in [0.1, 0.15) is 17.5 Å². The quantitative estimate of drug-likeness (QED) is 0.425. The number of piperidine rings is 1. The first-order valence-corrected chi connectivity index (χ1v) is 15.2. The summed E-state index contributed by atoms with van der Waals surface area (Å²) in [7, 11) is -1.98. The lowest BCUT2D eigenvalue weighted by Gasteiger charge is -2.30. The minimum absolute atomic E-state index is 0.0705. The molecule has 2 N–H and O–H groups in total. The zero-order chi connectivity index (χ0) is 29.1. The fraction of sp³-hybridized carbons (Fsp3) is 0.448. The van der Waals surface area contributed by atoms with Crippen LogP contribution in [0.3, 0.4) is 0 Å². The van der Waals surface area contributed by atoms with Crippen molar-refractivity contribution in [2.45, 2.75) is 58.1 Å². The number of amides is 1. The molecule has 1 saturated heterocycles. The van der Waals surface area contributed by atoms with Crippen molar-refractivity contribution in [3.63, 3.8) is 0 Å². The number of likely N-dealkylation sites (tertiary alicyclic amines) is 1. The highest BCUT2D eigenvalue weighted by Crippen LogP contribution is 2.29. The molecule has 0 unspecified atom stereocenters. The monoisotopic (exact) mass is 566 g/mol. The van der Waals surface area contributed by atoms with Crippen molar-refractivity contribution in [3.05, 3.63) is 76.9 Å². The molecule has 2 aromatic heterocycles. The van der Waals surface area contributed by atoms with Gasteiger partial charge in [-0.1, -0.05) is 39.0 Å². The Hall–Kier alpha value is -3.57. The van der Waals surface area contributed by atoms with Crippen molar-refractivity contribution >= 4 is 27.6 Å². The van der Waals surface area contributed by atoms with E-state index >= 15 is 0 Å². The lowest BCUT2D eigenvalue weighted by Crippen LogP contribution is -2.42. The lowest BCUT2D eigenvalue weighted by molar-refractivity contribution is 0.0474. The molecule has 0 bridgehead atoms. The molecule has 3 heterocycles. The van der Waals surface area contributed by atoms with Gasteiger partial charge in [-0.05, 0) is 42.0 Å². The number of sulfonamides is 1. The number of aliphatic hydroxyl groups is 1. The molecular weight excluding hydrogens is 528 g/mol. The lowest BCUT2D eigenvalue weighted by atomic mass is 9.88. The van der Waals surface area contributed by atoms with Gasteiger partial charge in [-0.2, -0.15) is 0 Å². The van der Waals surface area contributed by atoms with Crippen molar-refractivity contribution in [2.24, 2.45) is 0 Å². The van der Waals surface area contributed by atoms with Crippen molar-refractivity contribution < 1.29 is 18.3 Å². The van der Waals surface area contributed by atoms with Crippen LogP contribution in [0, 0.1) is 0 Å². The fourth-order valence-corrected chi connectivity index (χ4v) is 5.12. The first-order valence-electron chi connectivity index (χ1n) is 13.4. The number of aliphatic hydroxyl groups excluding tert-OH is 1. The topological polar surface area (TPSA) is 129 Å². The molecule has 40 heavy (non-hydrogen) atoms. The molecule has 3 aromatic rings. The van der Waals surface area contributed by atoms with Crippen LogP contribution < -0.4 is 9.62 Å². The zero-order valence-corrected chi connectivity index (χ0v) is 24.6. The number of rotatable bonds is 8. The second kappa shape index (κ2) is 11.9. The van der Waals surface area contributed by atoms with Crippen LogP contribution in [0.1, 0.15) is 66.5 Å². The summed E-state index contributed by atoms with van der Waals surface area (Å²) in [6, 6.07) is 11.0. The van der Waals surface area contributed by atoms with Crippen LogP contribution in [0.5, 0.6) is 0 Å². The van der Waals surface area contributed by atoms with E-state index in [1.165, 1.54) is 11.4 Å². The highest BCUT2D eigenvalue weighted by atomic mass is 32.2. The van der Waals surface area contributed by atoms with Crippen molar-refractivity contribution in [2.75, 3.05) is 36.0 Å². The number of hydrogen-bond donors (Lipinski definition) is 2. The van der Waals surface area contributed by atoms with E-state index in [0.717, 1.165) is 35.8 Å². The van der Waals surface area contributed by atoms with E-state index in [9.17, 15) is 18.3 Å². The van der Waals surface area contributed by atoms with Gasteiger partial charge in [0.2, 0.25) is 10.0 Å². The third kappa shape index (κ3) is 7.14. The summed E-state index contributed by atoms with van der Waals surface area (Å²) in [5.41, 5.74) is 2.98. The maximum Gasteiger partial charge on any atom is 0.253 e. The molecular formula is C29H38N6O4S. The SMILES string of the molecule is CN(c1ncccc1CNc1nc(Cc2ccc(C(=O)N3CCC[C@@H](O)C3)cc2)ncc1C(C)(C)C)S(C)(=O)=O. The summed E-state index contributed by atoms with van der Waals surface area (Å²) in [5, 5.41) is 13.3. The number of benzene rings is 1. The minimum Gasteiger partial charge on any atom is -0.391 e. The maximum absolute atomic E-state index is 12.8. The van der Waals surface area contributed by atoms with Crippen LogP contribution in [0.2, 0.25) is 0 Å². The predicted octanol–water partition coefficient (Wildman–Crippen LogP) is 3.36. The Morgan fingerprint density at radius 3 is 2.55 bits per heavy atom. The summed E-state index contributed by atoms with van der Waals surface area (Å²) in [4.78, 5) is 28.3. The van der Waals surface area contributed by atoms with Crippen molar-refractivity contribution in [1.82, 2.24) is 19.9 Å². The number of aromatic nitrogens is 3. The summed E-state index contributed by atoms with van der Waals surface area (Å²) >= 11 is 0. The van der Waals surface area contributed by atoms with E-state index in [1.54, 1.807) is 17.2 Å². The Kier molecular flexibility index (Phi) is 8.74. The molecule has 11 heteroatoms. The van der Waals surface area contributed by atoms with Crippen LogP contribution in [0.15, 0.2) is 48.8 Å². The van der Waals surface area contributed by atoms with E-state index in [-0.39, 0.29) is 11.3 Å². The normalized spacial score (nSPS) is 16.1. The predicted molar refractivity (Wildman–Crippen MR) is 156 cm³/mol. The number of carbonyl (C=O) groups excluding carboxylic acids is 1. The summed E-state index contributed by atoms with van der Waals surface area (Å²) in [6.45, 7) is 7.61. The minimum atomic E-state index is -3.47. The molecule has 1 atom stereocenters. The van der Waals surface area contributed by atoms with Crippen LogP contribution in [-0.4, -0.2) is 71.8 Å². The Morgan fingerprint density at radius 2 is 1.90 bits per heavy atom. The Labute approximate surface area is 236 Å². The van der Waals surface area contributed by atoms with Gasteiger partial charge < -0.3 is 15.3 Å². The Morgan fingerprint density at radius 1 is 1.18 bits per heavy atom. The molecule has 0 aliphatic carbocycles. The smallest absolute Gasteiger partial charge is 0.253 e. The summed E-state index contributed by atoms with van der Waals surface area (Å²) in [6.07, 6.45) is 6.10. The van der Waals surface area contributed by atoms with Gasteiger partial charge in [-0.15, -0.1) is 0 Å². The number of nitrogens with zero attached hydrogens (tertiary/aromatic N) is 5. The van der Waals surface area contributed by atoms with E-state index in [1.807, 2.05) is 36.5 Å². The molecule has 1 amide bonds. The maximum atomic E-state index is 12.8. The molecule has 0 saturated carbocycles. The standard InChI is InChI=1S/C29H38N6O4S/c1-29(2,3)24-18-31-25(16-20-10-12-21(13-11-20)28(37)35-15-7-9-23(36)19-35)33-26(24)32-17-22-8-6-14-30-27(22)34(4)40(5,38)39/h6,8,10-14,18,23,36H,7,9,15-17,19H2,1-5H3,(H,31,32,33)/t23-/m1/s1. The average molecular weight is 567 g/mol. The van der Waals surface area contributed by atoms with Crippen LogP contribution in [-0.2, 0) is 28.4 Å². The third-order valence-electron chi connectivity index (χ3n) is 7.00. The summed E-state index contributed by atoms with van der Waals surface area (Å²) < 4.78 is 25.4. The first kappa shape index (κ1) is 29.4. The van der Waals surface area contributed by atoms with Gasteiger partial charge in [0.15, 0.2) is 0 Å². The molecule has 214 valence electrons. The number of carbonyl (C=O) groups is 1. The molecule has 1 aliphatic heterocycles. The van der Waals surface area contributed by atoms with Gasteiger partial charge in [0, 0.05) is 62.2 Å². The van der Waals surface area contributed by atoms with E-state index < -0.39 is 16.1 Å². The van der Waals surface area contributed by atoms with Crippen LogP contribution >= 0.6 is 0 Å². The average Bonchev–Trinajstić information content (AvgIpc) is 2.90. The van der Waals surface area contributed by atoms with Crippen LogP contribution in [0.25, 0.3) is 0 Å². The van der Waals surface area contributed by atoms with Gasteiger partial charge in [0.05, 0.1) is 12.4 Å². The van der Waals surface area contributed by atoms with Gasteiger partial charge in [-0.25, -0.2) is 23.4 Å². The van der Waals surface area contributed by atoms with E-state index in [2.05, 4.69) is 36.1 Å². The van der Waals surface area contributed by atoms with E-state index in [4.69, 9.17) is 4.98 Å². The summed E-state index contributed by atoms with van der Waals surface area (Å²) in [5.74, 6) is 1.58. The second-order valence-corrected chi connectivity index (χ2v) is 13.3. The largest absolute Gasteiger partial charge is 0.391 e. The Balaban J connectivity index is 1.52. The molecule has 0 spiro atoms. The molecule has 1 aliphatic rings. The molecule has 0 radical (unpaired) electrons. The third-order valence-corrected chi connectivity index (χ3v) is 8.17. The van der Waals surface area contributed by atoms with Crippen LogP contribution in [0.4, 0.5) is 11.6 Å².